The average Bonchev–Trinajstić information content (AvgIpc) is 2.40. The number of methoxy groups -OCH3 is 1. The van der Waals surface area contributed by atoms with Gasteiger partial charge in [0.15, 0.2) is 12.4 Å². The van der Waals surface area contributed by atoms with Crippen LogP contribution in [-0.4, -0.2) is 12.9 Å². The lowest BCUT2D eigenvalue weighted by atomic mass is 10.1. The molecule has 1 heterocycles. The molecular formula is C14H13ClNO2+. The Balaban J connectivity index is 2.08. The van der Waals surface area contributed by atoms with Crippen molar-refractivity contribution in [3.05, 3.63) is 59.4 Å². The van der Waals surface area contributed by atoms with Gasteiger partial charge in [-0.15, -0.1) is 0 Å². The fraction of sp³-hybridized carbons (Fsp3) is 0.143. The van der Waals surface area contributed by atoms with Crippen molar-refractivity contribution in [1.29, 1.82) is 0 Å². The molecule has 3 nitrogen and oxygen atoms in total. The second-order valence-electron chi connectivity index (χ2n) is 3.84. The highest BCUT2D eigenvalue weighted by Crippen LogP contribution is 2.10. The molecule has 2 aromatic rings. The van der Waals surface area contributed by atoms with Crippen LogP contribution in [0.3, 0.4) is 0 Å². The molecule has 0 saturated carbocycles. The van der Waals surface area contributed by atoms with Crippen LogP contribution in [0.25, 0.3) is 0 Å². The van der Waals surface area contributed by atoms with E-state index in [1.54, 1.807) is 35.9 Å². The predicted octanol–water partition coefficient (Wildman–Crippen LogP) is 2.52. The van der Waals surface area contributed by atoms with Crippen LogP contribution in [0.5, 0.6) is 5.75 Å². The van der Waals surface area contributed by atoms with E-state index in [4.69, 9.17) is 16.3 Å². The fourth-order valence-electron chi connectivity index (χ4n) is 1.58. The molecule has 18 heavy (non-hydrogen) atoms. The van der Waals surface area contributed by atoms with Gasteiger partial charge in [-0.3, -0.25) is 4.79 Å². The van der Waals surface area contributed by atoms with E-state index in [1.165, 1.54) is 0 Å². The van der Waals surface area contributed by atoms with E-state index in [-0.39, 0.29) is 5.78 Å². The minimum absolute atomic E-state index is 0.0434. The third-order valence-electron chi connectivity index (χ3n) is 2.59. The highest BCUT2D eigenvalue weighted by atomic mass is 35.5. The SMILES string of the molecule is COc1cc[n+](CC(=O)c2ccc(Cl)cc2)cc1. The number of hydrogen-bond donors (Lipinski definition) is 0. The molecule has 0 bridgehead atoms. The van der Waals surface area contributed by atoms with E-state index in [0.717, 1.165) is 5.75 Å². The molecule has 0 radical (unpaired) electrons. The molecule has 0 saturated heterocycles. The monoisotopic (exact) mass is 262 g/mol. The van der Waals surface area contributed by atoms with Gasteiger partial charge in [0.05, 0.1) is 7.11 Å². The molecule has 0 amide bonds. The smallest absolute Gasteiger partial charge is 0.227 e. The highest BCUT2D eigenvalue weighted by Gasteiger charge is 2.11. The molecule has 1 aromatic heterocycles. The van der Waals surface area contributed by atoms with Crippen LogP contribution in [0, 0.1) is 0 Å². The van der Waals surface area contributed by atoms with Crippen molar-refractivity contribution >= 4 is 17.4 Å². The van der Waals surface area contributed by atoms with Crippen LogP contribution in [0.2, 0.25) is 5.02 Å². The first-order valence-electron chi connectivity index (χ1n) is 5.51. The van der Waals surface area contributed by atoms with Gasteiger partial charge in [-0.2, -0.15) is 4.57 Å². The molecule has 92 valence electrons. The standard InChI is InChI=1S/C14H13ClNO2/c1-18-13-6-8-16(9-7-13)10-14(17)11-2-4-12(15)5-3-11/h2-9H,10H2,1H3/q+1. The Kier molecular flexibility index (Phi) is 3.95. The zero-order chi connectivity index (χ0) is 13.0. The molecule has 0 atom stereocenters. The van der Waals surface area contributed by atoms with Crippen LogP contribution < -0.4 is 9.30 Å². The molecule has 4 heteroatoms. The van der Waals surface area contributed by atoms with Crippen molar-refractivity contribution in [2.45, 2.75) is 6.54 Å². The maximum atomic E-state index is 12.0. The molecule has 0 unspecified atom stereocenters. The Morgan fingerprint density at radius 2 is 1.78 bits per heavy atom. The van der Waals surface area contributed by atoms with E-state index in [2.05, 4.69) is 0 Å². The Morgan fingerprint density at radius 1 is 1.17 bits per heavy atom. The molecule has 0 aliphatic heterocycles. The van der Waals surface area contributed by atoms with Crippen LogP contribution in [0.1, 0.15) is 10.4 Å². The topological polar surface area (TPSA) is 30.2 Å². The van der Waals surface area contributed by atoms with Crippen molar-refractivity contribution in [3.8, 4) is 5.75 Å². The third kappa shape index (κ3) is 3.08. The van der Waals surface area contributed by atoms with Crippen LogP contribution >= 0.6 is 11.6 Å². The summed E-state index contributed by atoms with van der Waals surface area (Å²) in [4.78, 5) is 12.0. The minimum Gasteiger partial charge on any atom is -0.496 e. The number of ketones is 1. The van der Waals surface area contributed by atoms with Crippen molar-refractivity contribution < 1.29 is 14.1 Å². The van der Waals surface area contributed by atoms with Gasteiger partial charge >= 0.3 is 0 Å². The molecular weight excluding hydrogens is 250 g/mol. The van der Waals surface area contributed by atoms with Crippen LogP contribution in [0.15, 0.2) is 48.8 Å². The van der Waals surface area contributed by atoms with Gasteiger partial charge in [0.25, 0.3) is 0 Å². The first-order chi connectivity index (χ1) is 8.69. The van der Waals surface area contributed by atoms with Crippen molar-refractivity contribution in [1.82, 2.24) is 0 Å². The summed E-state index contributed by atoms with van der Waals surface area (Å²) < 4.78 is 6.86. The normalized spacial score (nSPS) is 10.1. The van der Waals surface area contributed by atoms with E-state index < -0.39 is 0 Å². The first kappa shape index (κ1) is 12.6. The van der Waals surface area contributed by atoms with Crippen molar-refractivity contribution in [2.24, 2.45) is 0 Å². The number of carbonyl (C=O) groups excluding carboxylic acids is 1. The lowest BCUT2D eigenvalue weighted by Gasteiger charge is -2.00. The minimum atomic E-state index is 0.0434. The van der Waals surface area contributed by atoms with Gasteiger partial charge in [0.1, 0.15) is 5.75 Å². The van der Waals surface area contributed by atoms with E-state index in [9.17, 15) is 4.79 Å². The quantitative estimate of drug-likeness (QED) is 0.626. The van der Waals surface area contributed by atoms with E-state index in [1.807, 2.05) is 24.5 Å². The fourth-order valence-corrected chi connectivity index (χ4v) is 1.70. The molecule has 0 spiro atoms. The van der Waals surface area contributed by atoms with Gasteiger partial charge in [0.2, 0.25) is 12.3 Å². The predicted molar refractivity (Wildman–Crippen MR) is 69.0 cm³/mol. The summed E-state index contributed by atoms with van der Waals surface area (Å²) in [7, 11) is 1.61. The number of halogens is 1. The summed E-state index contributed by atoms with van der Waals surface area (Å²) in [5, 5.41) is 0.628. The summed E-state index contributed by atoms with van der Waals surface area (Å²) in [6, 6.07) is 10.5. The maximum Gasteiger partial charge on any atom is 0.227 e. The molecule has 0 N–H and O–H groups in total. The average molecular weight is 263 g/mol. The number of pyridine rings is 1. The summed E-state index contributed by atoms with van der Waals surface area (Å²) in [6.07, 6.45) is 3.62. The highest BCUT2D eigenvalue weighted by molar-refractivity contribution is 6.30. The number of benzene rings is 1. The second-order valence-corrected chi connectivity index (χ2v) is 4.28. The summed E-state index contributed by atoms with van der Waals surface area (Å²) in [6.45, 7) is 0.297. The van der Waals surface area contributed by atoms with E-state index >= 15 is 0 Å². The summed E-state index contributed by atoms with van der Waals surface area (Å²) in [5.41, 5.74) is 0.655. The molecule has 0 fully saturated rings. The molecule has 2 rings (SSSR count). The Hall–Kier alpha value is -1.87. The first-order valence-corrected chi connectivity index (χ1v) is 5.89. The van der Waals surface area contributed by atoms with Gasteiger partial charge in [0, 0.05) is 22.7 Å². The molecule has 0 aliphatic carbocycles. The zero-order valence-corrected chi connectivity index (χ0v) is 10.7. The third-order valence-corrected chi connectivity index (χ3v) is 2.84. The maximum absolute atomic E-state index is 12.0. The van der Waals surface area contributed by atoms with E-state index in [0.29, 0.717) is 17.1 Å². The number of hydrogen-bond acceptors (Lipinski definition) is 2. The Labute approximate surface area is 111 Å². The lowest BCUT2D eigenvalue weighted by Crippen LogP contribution is -2.36. The van der Waals surface area contributed by atoms with Gasteiger partial charge < -0.3 is 4.74 Å². The van der Waals surface area contributed by atoms with Gasteiger partial charge in [-0.25, -0.2) is 0 Å². The van der Waals surface area contributed by atoms with Crippen LogP contribution in [0.4, 0.5) is 0 Å². The Bertz CT molecular complexity index is 535. The van der Waals surface area contributed by atoms with Crippen LogP contribution in [-0.2, 0) is 6.54 Å². The molecule has 0 aliphatic rings. The molecule has 1 aromatic carbocycles. The van der Waals surface area contributed by atoms with Gasteiger partial charge in [-0.1, -0.05) is 11.6 Å². The number of carbonyl (C=O) groups is 1. The lowest BCUT2D eigenvalue weighted by molar-refractivity contribution is -0.683. The number of Topliss-reactive ketones (excluding diaryl/α,β-unsaturated/α-hetero) is 1. The largest absolute Gasteiger partial charge is 0.496 e. The van der Waals surface area contributed by atoms with Crippen molar-refractivity contribution in [2.75, 3.05) is 7.11 Å². The van der Waals surface area contributed by atoms with Crippen molar-refractivity contribution in [3.63, 3.8) is 0 Å². The second kappa shape index (κ2) is 5.65. The number of nitrogens with zero attached hydrogens (tertiary/aromatic N) is 1. The van der Waals surface area contributed by atoms with Gasteiger partial charge in [-0.05, 0) is 24.3 Å². The summed E-state index contributed by atoms with van der Waals surface area (Å²) >= 11 is 5.78. The summed E-state index contributed by atoms with van der Waals surface area (Å²) in [5.74, 6) is 0.812. The number of rotatable bonds is 4. The Morgan fingerprint density at radius 3 is 2.33 bits per heavy atom. The number of ether oxygens (including phenoxy) is 1. The zero-order valence-electron chi connectivity index (χ0n) is 9.97. The number of aromatic nitrogens is 1.